The number of amides is 1. The van der Waals surface area contributed by atoms with E-state index in [0.29, 0.717) is 38.2 Å². The van der Waals surface area contributed by atoms with Crippen LogP contribution >= 0.6 is 11.6 Å². The quantitative estimate of drug-likeness (QED) is 0.187. The van der Waals surface area contributed by atoms with Gasteiger partial charge in [-0.3, -0.25) is 9.78 Å². The molecule has 44 heavy (non-hydrogen) atoms. The lowest BCUT2D eigenvalue weighted by Gasteiger charge is -2.33. The summed E-state index contributed by atoms with van der Waals surface area (Å²) in [7, 11) is 1.12. The molecule has 0 radical (unpaired) electrons. The number of esters is 1. The highest BCUT2D eigenvalue weighted by atomic mass is 35.5. The van der Waals surface area contributed by atoms with Crippen LogP contribution in [0.5, 0.6) is 0 Å². The highest BCUT2D eigenvalue weighted by Gasteiger charge is 2.35. The SMILES string of the molecule is COC(=O)[C@H](Cc1ccc(-c2ccc(C#N)cc2Cl)c2ncccc12)NC(=O)c1c(F)cc(N2CCC(F)(F)CC2)cc1F. The standard InChI is InChI=1S/C32H25ClF4N4O3/c1-44-31(43)27(40-30(42)28-25(34)15-20(16-26(28)35)41-11-8-32(36,37)9-12-41)14-19-5-7-23(29-21(19)3-2-10-39-29)22-6-4-18(17-38)13-24(22)33/h2-7,10,13,15-16,27H,8-9,11-12,14H2,1H3,(H,40,42)/t27-/m0/s1. The fourth-order valence-electron chi connectivity index (χ4n) is 5.27. The normalized spacial score (nSPS) is 15.0. The lowest BCUT2D eigenvalue weighted by atomic mass is 9.94. The molecule has 1 amide bonds. The van der Waals surface area contributed by atoms with E-state index in [1.807, 2.05) is 6.07 Å². The van der Waals surface area contributed by atoms with Crippen molar-refractivity contribution in [1.29, 1.82) is 5.26 Å². The number of hydrogen-bond donors (Lipinski definition) is 1. The molecule has 1 fully saturated rings. The van der Waals surface area contributed by atoms with Crippen LogP contribution in [0.15, 0.2) is 60.8 Å². The number of piperidine rings is 1. The van der Waals surface area contributed by atoms with Gasteiger partial charge in [-0.2, -0.15) is 5.26 Å². The minimum absolute atomic E-state index is 0.0398. The molecule has 3 aromatic carbocycles. The lowest BCUT2D eigenvalue weighted by Crippen LogP contribution is -2.43. The van der Waals surface area contributed by atoms with Crippen molar-refractivity contribution in [3.63, 3.8) is 0 Å². The third-order valence-electron chi connectivity index (χ3n) is 7.58. The second kappa shape index (κ2) is 12.5. The van der Waals surface area contributed by atoms with Crippen molar-refractivity contribution in [2.24, 2.45) is 0 Å². The van der Waals surface area contributed by atoms with Gasteiger partial charge < -0.3 is 15.0 Å². The Kier molecular flexibility index (Phi) is 8.74. The van der Waals surface area contributed by atoms with Gasteiger partial charge in [0.25, 0.3) is 11.8 Å². The number of halogens is 5. The average molecular weight is 625 g/mol. The highest BCUT2D eigenvalue weighted by Crippen LogP contribution is 2.35. The second-order valence-electron chi connectivity index (χ2n) is 10.4. The van der Waals surface area contributed by atoms with Crippen LogP contribution in [0, 0.1) is 23.0 Å². The van der Waals surface area contributed by atoms with Crippen molar-refractivity contribution in [3.05, 3.63) is 94.1 Å². The zero-order valence-corrected chi connectivity index (χ0v) is 24.1. The number of hydrogen-bond acceptors (Lipinski definition) is 6. The van der Waals surface area contributed by atoms with Crippen LogP contribution in [0.4, 0.5) is 23.2 Å². The summed E-state index contributed by atoms with van der Waals surface area (Å²) in [5.41, 5.74) is 1.93. The van der Waals surface area contributed by atoms with E-state index >= 15 is 8.78 Å². The predicted octanol–water partition coefficient (Wildman–Crippen LogP) is 6.45. The number of carbonyl (C=O) groups is 2. The molecule has 1 atom stereocenters. The molecule has 1 aliphatic heterocycles. The topological polar surface area (TPSA) is 95.3 Å². The fraction of sp³-hybridized carbons (Fsp3) is 0.250. The van der Waals surface area contributed by atoms with Gasteiger partial charge in [-0.15, -0.1) is 0 Å². The van der Waals surface area contributed by atoms with E-state index in [2.05, 4.69) is 10.3 Å². The molecule has 0 saturated carbocycles. The van der Waals surface area contributed by atoms with Crippen molar-refractivity contribution < 1.29 is 31.9 Å². The van der Waals surface area contributed by atoms with E-state index in [9.17, 15) is 23.6 Å². The molecule has 5 rings (SSSR count). The van der Waals surface area contributed by atoms with Crippen LogP contribution < -0.4 is 10.2 Å². The number of rotatable bonds is 7. The number of anilines is 1. The molecule has 0 spiro atoms. The van der Waals surface area contributed by atoms with Crippen molar-refractivity contribution >= 4 is 40.1 Å². The number of benzene rings is 3. The second-order valence-corrected chi connectivity index (χ2v) is 10.8. The van der Waals surface area contributed by atoms with Crippen molar-refractivity contribution in [1.82, 2.24) is 10.3 Å². The summed E-state index contributed by atoms with van der Waals surface area (Å²) in [6.45, 7) is -0.193. The van der Waals surface area contributed by atoms with Gasteiger partial charge in [-0.25, -0.2) is 22.4 Å². The summed E-state index contributed by atoms with van der Waals surface area (Å²) in [4.78, 5) is 31.8. The predicted molar refractivity (Wildman–Crippen MR) is 157 cm³/mol. The number of nitrogens with zero attached hydrogens (tertiary/aromatic N) is 3. The molecule has 1 aromatic heterocycles. The van der Waals surface area contributed by atoms with E-state index < -0.39 is 53.9 Å². The Morgan fingerprint density at radius 3 is 2.41 bits per heavy atom. The Labute approximate surface area is 255 Å². The van der Waals surface area contributed by atoms with Gasteiger partial charge >= 0.3 is 5.97 Å². The summed E-state index contributed by atoms with van der Waals surface area (Å²) in [6, 6.07) is 14.3. The first-order valence-electron chi connectivity index (χ1n) is 13.6. The maximum absolute atomic E-state index is 15.1. The van der Waals surface area contributed by atoms with Crippen LogP contribution in [0.25, 0.3) is 22.0 Å². The zero-order chi connectivity index (χ0) is 31.6. The third kappa shape index (κ3) is 6.31. The van der Waals surface area contributed by atoms with Crippen LogP contribution in [0.3, 0.4) is 0 Å². The number of methoxy groups -OCH3 is 1. The lowest BCUT2D eigenvalue weighted by molar-refractivity contribution is -0.142. The molecule has 4 aromatic rings. The van der Waals surface area contributed by atoms with Crippen LogP contribution in [0.2, 0.25) is 5.02 Å². The molecule has 1 saturated heterocycles. The molecular formula is C32H25ClF4N4O3. The summed E-state index contributed by atoms with van der Waals surface area (Å²) in [5.74, 6) is -7.26. The monoisotopic (exact) mass is 624 g/mol. The van der Waals surface area contributed by atoms with Crippen LogP contribution in [-0.2, 0) is 16.0 Å². The molecule has 7 nitrogen and oxygen atoms in total. The van der Waals surface area contributed by atoms with Gasteiger partial charge in [0.05, 0.1) is 24.3 Å². The molecule has 1 N–H and O–H groups in total. The van der Waals surface area contributed by atoms with Crippen LogP contribution in [-0.4, -0.2) is 49.0 Å². The molecule has 0 unspecified atom stereocenters. The molecule has 1 aliphatic rings. The van der Waals surface area contributed by atoms with E-state index in [1.165, 1.54) is 11.0 Å². The average Bonchev–Trinajstić information content (AvgIpc) is 3.00. The molecule has 226 valence electrons. The van der Waals surface area contributed by atoms with Crippen LogP contribution in [0.1, 0.15) is 34.3 Å². The van der Waals surface area contributed by atoms with Gasteiger partial charge in [0.15, 0.2) is 0 Å². The van der Waals surface area contributed by atoms with Gasteiger partial charge in [-0.05, 0) is 35.9 Å². The van der Waals surface area contributed by atoms with E-state index in [-0.39, 0.29) is 25.2 Å². The number of carbonyl (C=O) groups excluding carboxylic acids is 2. The number of alkyl halides is 2. The van der Waals surface area contributed by atoms with Crippen molar-refractivity contribution in [2.45, 2.75) is 31.2 Å². The van der Waals surface area contributed by atoms with Gasteiger partial charge in [-0.1, -0.05) is 35.9 Å². The maximum Gasteiger partial charge on any atom is 0.328 e. The Bertz CT molecular complexity index is 1780. The highest BCUT2D eigenvalue weighted by molar-refractivity contribution is 6.33. The minimum Gasteiger partial charge on any atom is -0.467 e. The van der Waals surface area contributed by atoms with E-state index in [1.54, 1.807) is 42.6 Å². The number of pyridine rings is 1. The number of fused-ring (bicyclic) bond motifs is 1. The number of nitriles is 1. The minimum atomic E-state index is -2.84. The van der Waals surface area contributed by atoms with E-state index in [4.69, 9.17) is 16.3 Å². The van der Waals surface area contributed by atoms with Gasteiger partial charge in [0, 0.05) is 65.8 Å². The summed E-state index contributed by atoms with van der Waals surface area (Å²) < 4.78 is 62.1. The van der Waals surface area contributed by atoms with Gasteiger partial charge in [0.1, 0.15) is 23.2 Å². The largest absolute Gasteiger partial charge is 0.467 e. The Balaban J connectivity index is 1.42. The molecule has 2 heterocycles. The molecular weight excluding hydrogens is 600 g/mol. The molecule has 0 aliphatic carbocycles. The van der Waals surface area contributed by atoms with Gasteiger partial charge in [0.2, 0.25) is 0 Å². The fourth-order valence-corrected chi connectivity index (χ4v) is 5.55. The summed E-state index contributed by atoms with van der Waals surface area (Å²) in [6.07, 6.45) is 0.568. The van der Waals surface area contributed by atoms with Crippen molar-refractivity contribution in [3.8, 4) is 17.2 Å². The number of ether oxygens (including phenoxy) is 1. The molecule has 12 heteroatoms. The van der Waals surface area contributed by atoms with E-state index in [0.717, 1.165) is 19.2 Å². The first-order valence-corrected chi connectivity index (χ1v) is 14.0. The maximum atomic E-state index is 15.1. The first-order chi connectivity index (χ1) is 21.0. The summed E-state index contributed by atoms with van der Waals surface area (Å²) >= 11 is 6.45. The Morgan fingerprint density at radius 1 is 1.09 bits per heavy atom. The summed E-state index contributed by atoms with van der Waals surface area (Å²) in [5, 5.41) is 12.5. The molecule has 0 bridgehead atoms. The zero-order valence-electron chi connectivity index (χ0n) is 23.3. The Hall–Kier alpha value is -4.69. The number of nitrogens with one attached hydrogen (secondary N) is 1. The number of aromatic nitrogens is 1. The Morgan fingerprint density at radius 2 is 1.77 bits per heavy atom. The smallest absolute Gasteiger partial charge is 0.328 e. The first kappa shape index (κ1) is 30.8. The third-order valence-corrected chi connectivity index (χ3v) is 7.89. The van der Waals surface area contributed by atoms with Crippen molar-refractivity contribution in [2.75, 3.05) is 25.1 Å².